The van der Waals surface area contributed by atoms with Gasteiger partial charge in [-0.25, -0.2) is 0 Å². The van der Waals surface area contributed by atoms with Gasteiger partial charge in [0, 0.05) is 32.1 Å². The molecule has 110 valence electrons. The summed E-state index contributed by atoms with van der Waals surface area (Å²) < 4.78 is 0. The first kappa shape index (κ1) is 14.8. The summed E-state index contributed by atoms with van der Waals surface area (Å²) in [5, 5.41) is 13.7. The van der Waals surface area contributed by atoms with E-state index in [0.717, 1.165) is 65.0 Å². The van der Waals surface area contributed by atoms with Crippen LogP contribution in [0.2, 0.25) is 0 Å². The van der Waals surface area contributed by atoms with Gasteiger partial charge in [0.2, 0.25) is 5.91 Å². The summed E-state index contributed by atoms with van der Waals surface area (Å²) in [7, 11) is 0. The van der Waals surface area contributed by atoms with E-state index < -0.39 is 0 Å². The van der Waals surface area contributed by atoms with Crippen molar-refractivity contribution in [1.29, 1.82) is 0 Å². The molecule has 2 aliphatic heterocycles. The number of rotatable bonds is 4. The molecule has 19 heavy (non-hydrogen) atoms. The van der Waals surface area contributed by atoms with E-state index in [2.05, 4.69) is 10.2 Å². The lowest BCUT2D eigenvalue weighted by Crippen LogP contribution is -2.43. The second-order valence-corrected chi connectivity index (χ2v) is 5.87. The molecule has 2 rings (SSSR count). The number of piperidine rings is 2. The Morgan fingerprint density at radius 1 is 1.16 bits per heavy atom. The molecule has 2 N–H and O–H groups in total. The highest BCUT2D eigenvalue weighted by Crippen LogP contribution is 2.22. The van der Waals surface area contributed by atoms with Gasteiger partial charge in [-0.3, -0.25) is 4.79 Å². The summed E-state index contributed by atoms with van der Waals surface area (Å²) in [6, 6.07) is 0. The third kappa shape index (κ3) is 4.44. The predicted molar refractivity (Wildman–Crippen MR) is 73.9 cm³/mol. The molecule has 0 radical (unpaired) electrons. The lowest BCUT2D eigenvalue weighted by molar-refractivity contribution is -0.126. The normalized spacial score (nSPS) is 24.5. The number of likely N-dealkylation sites (tertiary alicyclic amines) is 1. The lowest BCUT2D eigenvalue weighted by atomic mass is 9.93. The van der Waals surface area contributed by atoms with Crippen molar-refractivity contribution in [2.45, 2.75) is 32.6 Å². The van der Waals surface area contributed by atoms with Gasteiger partial charge < -0.3 is 15.4 Å². The summed E-state index contributed by atoms with van der Waals surface area (Å²) in [5.41, 5.74) is 0. The Balaban J connectivity index is 1.67. The van der Waals surface area contributed by atoms with E-state index in [0.29, 0.717) is 5.92 Å². The Labute approximate surface area is 115 Å². The van der Waals surface area contributed by atoms with Crippen LogP contribution in [-0.4, -0.2) is 60.3 Å². The molecule has 0 aliphatic carbocycles. The van der Waals surface area contributed by atoms with Crippen LogP contribution in [0.5, 0.6) is 0 Å². The molecule has 2 aliphatic rings. The average Bonchev–Trinajstić information content (AvgIpc) is 2.42. The topological polar surface area (TPSA) is 55.8 Å². The van der Waals surface area contributed by atoms with Crippen LogP contribution in [-0.2, 0) is 4.79 Å². The van der Waals surface area contributed by atoms with Crippen molar-refractivity contribution in [2.75, 3.05) is 39.3 Å². The molecule has 0 unspecified atom stereocenters. The van der Waals surface area contributed by atoms with E-state index >= 15 is 0 Å². The second-order valence-electron chi connectivity index (χ2n) is 5.87. The molecule has 5 heteroatoms. The van der Waals surface area contributed by atoms with Crippen molar-refractivity contribution >= 4 is 5.91 Å². The molecule has 2 saturated heterocycles. The minimum Gasteiger partial charge on any atom is -0.356 e. The first-order chi connectivity index (χ1) is 9.19. The molecule has 5 nitrogen and oxygen atoms in total. The van der Waals surface area contributed by atoms with Gasteiger partial charge in [-0.15, -0.1) is 0 Å². The number of carbonyl (C=O) groups excluding carboxylic acids is 1. The predicted octanol–water partition coefficient (Wildman–Crippen LogP) is 0.936. The second kappa shape index (κ2) is 7.22. The van der Waals surface area contributed by atoms with Gasteiger partial charge in [-0.2, -0.15) is 5.06 Å². The lowest BCUT2D eigenvalue weighted by Gasteiger charge is -2.36. The number of hydroxylamine groups is 2. The maximum atomic E-state index is 11.8. The number of amides is 1. The molecule has 0 atom stereocenters. The standard InChI is InChI=1S/C14H27N3O2/c1-2-15-14(18)13-5-7-16(8-6-13)11-12-3-9-17(19)10-4-12/h12-13,19H,2-11H2,1H3,(H,15,18). The first-order valence-electron chi connectivity index (χ1n) is 7.63. The highest BCUT2D eigenvalue weighted by molar-refractivity contribution is 5.78. The van der Waals surface area contributed by atoms with Gasteiger partial charge in [0.1, 0.15) is 0 Å². The van der Waals surface area contributed by atoms with Crippen LogP contribution in [0.4, 0.5) is 0 Å². The summed E-state index contributed by atoms with van der Waals surface area (Å²) in [4.78, 5) is 14.3. The first-order valence-corrected chi connectivity index (χ1v) is 7.63. The highest BCUT2D eigenvalue weighted by atomic mass is 16.5. The Bertz CT molecular complexity index is 282. The van der Waals surface area contributed by atoms with Crippen LogP contribution >= 0.6 is 0 Å². The van der Waals surface area contributed by atoms with Crippen LogP contribution in [0.25, 0.3) is 0 Å². The Morgan fingerprint density at radius 2 is 1.79 bits per heavy atom. The monoisotopic (exact) mass is 269 g/mol. The SMILES string of the molecule is CCNC(=O)C1CCN(CC2CCN(O)CC2)CC1. The molecule has 2 heterocycles. The molecular weight excluding hydrogens is 242 g/mol. The van der Waals surface area contributed by atoms with Gasteiger partial charge >= 0.3 is 0 Å². The number of carbonyl (C=O) groups is 1. The van der Waals surface area contributed by atoms with Crippen molar-refractivity contribution in [2.24, 2.45) is 11.8 Å². The van der Waals surface area contributed by atoms with Gasteiger partial charge in [0.15, 0.2) is 0 Å². The van der Waals surface area contributed by atoms with Crippen LogP contribution < -0.4 is 5.32 Å². The van der Waals surface area contributed by atoms with Crippen molar-refractivity contribution in [3.8, 4) is 0 Å². The summed E-state index contributed by atoms with van der Waals surface area (Å²) in [5.74, 6) is 1.16. The fraction of sp³-hybridized carbons (Fsp3) is 0.929. The number of hydrogen-bond donors (Lipinski definition) is 2. The minimum absolute atomic E-state index is 0.218. The molecule has 0 saturated carbocycles. The summed E-state index contributed by atoms with van der Waals surface area (Å²) in [6.07, 6.45) is 4.16. The maximum Gasteiger partial charge on any atom is 0.223 e. The molecule has 2 fully saturated rings. The van der Waals surface area contributed by atoms with Crippen LogP contribution in [0.3, 0.4) is 0 Å². The summed E-state index contributed by atoms with van der Waals surface area (Å²) in [6.45, 7) is 7.54. The number of hydrogen-bond acceptors (Lipinski definition) is 4. The van der Waals surface area contributed by atoms with E-state index in [1.165, 1.54) is 5.06 Å². The van der Waals surface area contributed by atoms with Gasteiger partial charge in [-0.05, 0) is 51.6 Å². The Morgan fingerprint density at radius 3 is 2.37 bits per heavy atom. The zero-order chi connectivity index (χ0) is 13.7. The Hall–Kier alpha value is -0.650. The maximum absolute atomic E-state index is 11.8. The van der Waals surface area contributed by atoms with Gasteiger partial charge in [0.05, 0.1) is 0 Å². The fourth-order valence-corrected chi connectivity index (χ4v) is 3.16. The average molecular weight is 269 g/mol. The van der Waals surface area contributed by atoms with E-state index in [-0.39, 0.29) is 11.8 Å². The van der Waals surface area contributed by atoms with Crippen molar-refractivity contribution in [1.82, 2.24) is 15.3 Å². The van der Waals surface area contributed by atoms with Gasteiger partial charge in [-0.1, -0.05) is 0 Å². The van der Waals surface area contributed by atoms with Crippen LogP contribution in [0.1, 0.15) is 32.6 Å². The third-order valence-electron chi connectivity index (χ3n) is 4.42. The van der Waals surface area contributed by atoms with E-state index in [1.54, 1.807) is 0 Å². The summed E-state index contributed by atoms with van der Waals surface area (Å²) >= 11 is 0. The van der Waals surface area contributed by atoms with E-state index in [1.807, 2.05) is 6.92 Å². The fourth-order valence-electron chi connectivity index (χ4n) is 3.16. The minimum atomic E-state index is 0.218. The molecule has 0 aromatic rings. The Kier molecular flexibility index (Phi) is 5.60. The smallest absolute Gasteiger partial charge is 0.223 e. The molecule has 0 aromatic heterocycles. The third-order valence-corrected chi connectivity index (χ3v) is 4.42. The number of nitrogens with zero attached hydrogens (tertiary/aromatic N) is 2. The van der Waals surface area contributed by atoms with E-state index in [4.69, 9.17) is 0 Å². The zero-order valence-corrected chi connectivity index (χ0v) is 12.0. The van der Waals surface area contributed by atoms with Crippen molar-refractivity contribution < 1.29 is 10.0 Å². The molecule has 1 amide bonds. The van der Waals surface area contributed by atoms with Crippen LogP contribution in [0.15, 0.2) is 0 Å². The van der Waals surface area contributed by atoms with Crippen LogP contribution in [0, 0.1) is 11.8 Å². The highest BCUT2D eigenvalue weighted by Gasteiger charge is 2.27. The largest absolute Gasteiger partial charge is 0.356 e. The zero-order valence-electron chi connectivity index (χ0n) is 12.0. The molecular formula is C14H27N3O2. The molecule has 0 bridgehead atoms. The van der Waals surface area contributed by atoms with E-state index in [9.17, 15) is 10.0 Å². The quantitative estimate of drug-likeness (QED) is 0.797. The van der Waals surface area contributed by atoms with Crippen molar-refractivity contribution in [3.63, 3.8) is 0 Å². The molecule has 0 spiro atoms. The molecule has 0 aromatic carbocycles. The van der Waals surface area contributed by atoms with Gasteiger partial charge in [0.25, 0.3) is 0 Å². The van der Waals surface area contributed by atoms with Crippen molar-refractivity contribution in [3.05, 3.63) is 0 Å². The number of nitrogens with one attached hydrogen (secondary N) is 1.